The molecule has 0 saturated heterocycles. The largest absolute Gasteiger partial charge is 0.494 e. The maximum atomic E-state index is 13.6. The van der Waals surface area contributed by atoms with Gasteiger partial charge in [-0.05, 0) is 42.8 Å². The number of rotatable bonds is 10. The number of benzene rings is 2. The zero-order chi connectivity index (χ0) is 20.6. The van der Waals surface area contributed by atoms with E-state index >= 15 is 0 Å². The van der Waals surface area contributed by atoms with Crippen molar-refractivity contribution in [2.24, 2.45) is 0 Å². The molecule has 0 fully saturated rings. The smallest absolute Gasteiger partial charge is 0.266 e. The fraction of sp³-hybridized carbons (Fsp3) is 0.316. The van der Waals surface area contributed by atoms with E-state index in [-0.39, 0.29) is 5.56 Å². The quantitative estimate of drug-likeness (QED) is 0.462. The molecule has 0 saturated carbocycles. The summed E-state index contributed by atoms with van der Waals surface area (Å²) in [5.41, 5.74) is 2.17. The van der Waals surface area contributed by atoms with Crippen LogP contribution < -0.4 is 15.0 Å². The van der Waals surface area contributed by atoms with Crippen LogP contribution in [0, 0.1) is 11.6 Å². The number of carbonyl (C=O) groups is 1. The molecule has 0 bridgehead atoms. The summed E-state index contributed by atoms with van der Waals surface area (Å²) in [5, 5.41) is 0. The van der Waals surface area contributed by atoms with E-state index in [1.807, 2.05) is 5.43 Å². The number of unbranched alkanes of at least 4 members (excludes halogenated alkanes) is 3. The maximum Gasteiger partial charge on any atom is 0.266 e. The molecule has 0 radical (unpaired) electrons. The zero-order valence-electron chi connectivity index (χ0n) is 15.4. The topological polar surface area (TPSA) is 84.5 Å². The first-order valence-corrected chi connectivity index (χ1v) is 10.3. The minimum atomic E-state index is -4.39. The molecular weight excluding hydrogens is 390 g/mol. The van der Waals surface area contributed by atoms with Crippen LogP contribution in [-0.4, -0.2) is 20.9 Å². The summed E-state index contributed by atoms with van der Waals surface area (Å²) in [7, 11) is -4.39. The number of nitrogens with one attached hydrogen (secondary N) is 2. The third kappa shape index (κ3) is 6.28. The van der Waals surface area contributed by atoms with Gasteiger partial charge in [-0.15, -0.1) is 4.83 Å². The van der Waals surface area contributed by atoms with Gasteiger partial charge in [0.05, 0.1) is 6.61 Å². The van der Waals surface area contributed by atoms with Crippen molar-refractivity contribution < 1.29 is 26.7 Å². The second-order valence-corrected chi connectivity index (χ2v) is 7.72. The molecule has 0 atom stereocenters. The fourth-order valence-electron chi connectivity index (χ4n) is 2.36. The SMILES string of the molecule is CCCCCCOc1ccc(C(=O)NNS(=O)(=O)c2ccc(F)cc2F)cc1. The third-order valence-electron chi connectivity index (χ3n) is 3.87. The number of hydrogen-bond donors (Lipinski definition) is 2. The number of carbonyl (C=O) groups excluding carboxylic acids is 1. The monoisotopic (exact) mass is 412 g/mol. The highest BCUT2D eigenvalue weighted by atomic mass is 32.2. The van der Waals surface area contributed by atoms with Crippen molar-refractivity contribution in [1.82, 2.24) is 10.3 Å². The number of sulfonamides is 1. The van der Waals surface area contributed by atoms with Crippen LogP contribution in [0.3, 0.4) is 0 Å². The van der Waals surface area contributed by atoms with E-state index in [1.165, 1.54) is 12.1 Å². The van der Waals surface area contributed by atoms with Crippen molar-refractivity contribution >= 4 is 15.9 Å². The molecule has 0 aromatic heterocycles. The normalized spacial score (nSPS) is 11.2. The van der Waals surface area contributed by atoms with Crippen molar-refractivity contribution in [3.05, 3.63) is 59.7 Å². The summed E-state index contributed by atoms with van der Waals surface area (Å²) < 4.78 is 56.2. The average Bonchev–Trinajstić information content (AvgIpc) is 2.66. The van der Waals surface area contributed by atoms with Gasteiger partial charge in [-0.25, -0.2) is 17.2 Å². The van der Waals surface area contributed by atoms with Crippen molar-refractivity contribution in [2.75, 3.05) is 6.61 Å². The Kier molecular flexibility index (Phi) is 7.89. The predicted molar refractivity (Wildman–Crippen MR) is 100 cm³/mol. The lowest BCUT2D eigenvalue weighted by atomic mass is 10.2. The molecule has 2 aromatic rings. The van der Waals surface area contributed by atoms with E-state index in [2.05, 4.69) is 6.92 Å². The number of ether oxygens (including phenoxy) is 1. The molecule has 6 nitrogen and oxygen atoms in total. The summed E-state index contributed by atoms with van der Waals surface area (Å²) in [5.74, 6) is -2.31. The van der Waals surface area contributed by atoms with Crippen molar-refractivity contribution in [2.45, 2.75) is 37.5 Å². The first-order valence-electron chi connectivity index (χ1n) is 8.83. The summed E-state index contributed by atoms with van der Waals surface area (Å²) in [6, 6.07) is 8.17. The zero-order valence-corrected chi connectivity index (χ0v) is 16.2. The standard InChI is InChI=1S/C19H22F2N2O4S/c1-2-3-4-5-12-27-16-9-6-14(7-10-16)19(24)22-23-28(25,26)18-11-8-15(20)13-17(18)21/h6-11,13,23H,2-5,12H2,1H3,(H,22,24). The molecule has 0 heterocycles. The molecule has 2 rings (SSSR count). The van der Waals surface area contributed by atoms with Crippen LogP contribution in [-0.2, 0) is 10.0 Å². The Morgan fingerprint density at radius 1 is 1.04 bits per heavy atom. The highest BCUT2D eigenvalue weighted by molar-refractivity contribution is 7.89. The van der Waals surface area contributed by atoms with Gasteiger partial charge in [-0.2, -0.15) is 0 Å². The van der Waals surface area contributed by atoms with Gasteiger partial charge in [-0.1, -0.05) is 26.2 Å². The second kappa shape index (κ2) is 10.1. The molecule has 2 aromatic carbocycles. The molecule has 0 aliphatic heterocycles. The molecule has 0 aliphatic carbocycles. The lowest BCUT2D eigenvalue weighted by Gasteiger charge is -2.10. The number of hydrogen-bond acceptors (Lipinski definition) is 4. The third-order valence-corrected chi connectivity index (χ3v) is 5.15. The van der Waals surface area contributed by atoms with E-state index in [0.717, 1.165) is 37.8 Å². The molecule has 0 aliphatic rings. The van der Waals surface area contributed by atoms with Crippen LogP contribution in [0.1, 0.15) is 43.0 Å². The summed E-state index contributed by atoms with van der Waals surface area (Å²) in [6.07, 6.45) is 4.32. The Morgan fingerprint density at radius 3 is 2.39 bits per heavy atom. The first-order chi connectivity index (χ1) is 13.3. The van der Waals surface area contributed by atoms with Crippen molar-refractivity contribution in [3.8, 4) is 5.75 Å². The molecule has 0 spiro atoms. The minimum Gasteiger partial charge on any atom is -0.494 e. The van der Waals surface area contributed by atoms with Gasteiger partial charge in [-0.3, -0.25) is 10.2 Å². The van der Waals surface area contributed by atoms with Crippen LogP contribution in [0.4, 0.5) is 8.78 Å². The predicted octanol–water partition coefficient (Wildman–Crippen LogP) is 3.55. The molecule has 152 valence electrons. The summed E-state index contributed by atoms with van der Waals surface area (Å²) in [4.78, 5) is 13.1. The number of amides is 1. The van der Waals surface area contributed by atoms with E-state index in [0.29, 0.717) is 18.4 Å². The highest BCUT2D eigenvalue weighted by Crippen LogP contribution is 2.15. The Morgan fingerprint density at radius 2 is 1.75 bits per heavy atom. The summed E-state index contributed by atoms with van der Waals surface area (Å²) >= 11 is 0. The fourth-order valence-corrected chi connectivity index (χ4v) is 3.26. The van der Waals surface area contributed by atoms with Gasteiger partial charge in [0.1, 0.15) is 22.3 Å². The van der Waals surface area contributed by atoms with Crippen molar-refractivity contribution in [3.63, 3.8) is 0 Å². The highest BCUT2D eigenvalue weighted by Gasteiger charge is 2.20. The van der Waals surface area contributed by atoms with E-state index in [9.17, 15) is 22.0 Å². The second-order valence-electron chi connectivity index (χ2n) is 6.07. The Bertz CT molecular complexity index is 903. The molecule has 1 amide bonds. The molecule has 0 unspecified atom stereocenters. The Balaban J connectivity index is 1.90. The van der Waals surface area contributed by atoms with Gasteiger partial charge < -0.3 is 4.74 Å². The van der Waals surface area contributed by atoms with Crippen molar-refractivity contribution in [1.29, 1.82) is 0 Å². The molecular formula is C19H22F2N2O4S. The van der Waals surface area contributed by atoms with Crippen LogP contribution in [0.2, 0.25) is 0 Å². The van der Waals surface area contributed by atoms with E-state index < -0.39 is 32.5 Å². The molecule has 2 N–H and O–H groups in total. The van der Waals surface area contributed by atoms with Crippen LogP contribution in [0.25, 0.3) is 0 Å². The van der Waals surface area contributed by atoms with Gasteiger partial charge in [0.15, 0.2) is 0 Å². The average molecular weight is 412 g/mol. The number of halogens is 2. The van der Waals surface area contributed by atoms with Crippen LogP contribution in [0.15, 0.2) is 47.4 Å². The molecule has 28 heavy (non-hydrogen) atoms. The first kappa shape index (κ1) is 21.8. The Labute approximate surface area is 162 Å². The van der Waals surface area contributed by atoms with Gasteiger partial charge in [0, 0.05) is 11.6 Å². The maximum absolute atomic E-state index is 13.6. The minimum absolute atomic E-state index is 0.181. The lowest BCUT2D eigenvalue weighted by molar-refractivity contribution is 0.0945. The molecule has 9 heteroatoms. The summed E-state index contributed by atoms with van der Waals surface area (Å²) in [6.45, 7) is 2.70. The van der Waals surface area contributed by atoms with Crippen LogP contribution in [0.5, 0.6) is 5.75 Å². The lowest BCUT2D eigenvalue weighted by Crippen LogP contribution is -2.41. The van der Waals surface area contributed by atoms with Gasteiger partial charge in [0.2, 0.25) is 0 Å². The van der Waals surface area contributed by atoms with Gasteiger partial charge >= 0.3 is 0 Å². The van der Waals surface area contributed by atoms with E-state index in [4.69, 9.17) is 4.74 Å². The Hall–Kier alpha value is -2.52. The van der Waals surface area contributed by atoms with Crippen LogP contribution >= 0.6 is 0 Å². The van der Waals surface area contributed by atoms with E-state index in [1.54, 1.807) is 17.0 Å². The number of hydrazine groups is 1. The van der Waals surface area contributed by atoms with Gasteiger partial charge in [0.25, 0.3) is 15.9 Å².